The normalized spacial score (nSPS) is 13.3. The molecule has 1 fully saturated rings. The van der Waals surface area contributed by atoms with Crippen molar-refractivity contribution >= 4 is 51.4 Å². The van der Waals surface area contributed by atoms with Crippen LogP contribution in [0.5, 0.6) is 5.75 Å². The number of ether oxygens (including phenoxy) is 3. The Kier molecular flexibility index (Phi) is 7.24. The second-order valence-corrected chi connectivity index (χ2v) is 8.04. The molecule has 8 nitrogen and oxygen atoms in total. The molecule has 0 bridgehead atoms. The van der Waals surface area contributed by atoms with Gasteiger partial charge in [0, 0.05) is 13.1 Å². The summed E-state index contributed by atoms with van der Waals surface area (Å²) < 4.78 is 15.7. The van der Waals surface area contributed by atoms with Gasteiger partial charge in [-0.15, -0.1) is 0 Å². The minimum atomic E-state index is -0.465. The van der Waals surface area contributed by atoms with Crippen molar-refractivity contribution in [3.8, 4) is 5.75 Å². The molecule has 0 unspecified atom stereocenters. The summed E-state index contributed by atoms with van der Waals surface area (Å²) in [5, 5.41) is 7.76. The fraction of sp³-hybridized carbons (Fsp3) is 0.240. The van der Waals surface area contributed by atoms with E-state index in [4.69, 9.17) is 26.4 Å². The summed E-state index contributed by atoms with van der Waals surface area (Å²) in [6.45, 7) is 2.58. The Morgan fingerprint density at radius 3 is 2.38 bits per heavy atom. The predicted molar refractivity (Wildman–Crippen MR) is 135 cm³/mol. The van der Waals surface area contributed by atoms with Crippen molar-refractivity contribution in [2.24, 2.45) is 0 Å². The fourth-order valence-electron chi connectivity index (χ4n) is 3.85. The Morgan fingerprint density at radius 2 is 1.71 bits per heavy atom. The summed E-state index contributed by atoms with van der Waals surface area (Å²) in [7, 11) is 2.84. The Bertz CT molecular complexity index is 1240. The second kappa shape index (κ2) is 10.5. The molecule has 9 heteroatoms. The molecular formula is C25H25N3O5S. The van der Waals surface area contributed by atoms with Crippen LogP contribution in [0.1, 0.15) is 20.7 Å². The molecule has 0 aromatic heterocycles. The maximum absolute atomic E-state index is 13.1. The highest BCUT2D eigenvalue weighted by Crippen LogP contribution is 2.29. The summed E-state index contributed by atoms with van der Waals surface area (Å²) in [6.07, 6.45) is 0. The molecule has 1 saturated heterocycles. The number of nitrogens with one attached hydrogen (secondary N) is 2. The van der Waals surface area contributed by atoms with Crippen LogP contribution in [-0.2, 0) is 9.47 Å². The Balaban J connectivity index is 1.58. The number of methoxy groups -OCH3 is 2. The van der Waals surface area contributed by atoms with Gasteiger partial charge in [0.15, 0.2) is 5.11 Å². The lowest BCUT2D eigenvalue weighted by atomic mass is 10.1. The molecule has 0 spiro atoms. The predicted octanol–water partition coefficient (Wildman–Crippen LogP) is 3.60. The van der Waals surface area contributed by atoms with Crippen LogP contribution in [0.4, 0.5) is 11.4 Å². The fourth-order valence-corrected chi connectivity index (χ4v) is 4.05. The molecule has 0 saturated carbocycles. The maximum atomic E-state index is 13.1. The summed E-state index contributed by atoms with van der Waals surface area (Å²) in [6, 6.07) is 16.5. The number of esters is 1. The minimum absolute atomic E-state index is 0.0942. The first-order valence-electron chi connectivity index (χ1n) is 10.7. The van der Waals surface area contributed by atoms with E-state index in [-0.39, 0.29) is 5.11 Å². The van der Waals surface area contributed by atoms with Gasteiger partial charge in [-0.3, -0.25) is 10.1 Å². The first-order valence-corrected chi connectivity index (χ1v) is 11.1. The van der Waals surface area contributed by atoms with Crippen LogP contribution in [-0.4, -0.2) is 57.5 Å². The average molecular weight is 480 g/mol. The Labute approximate surface area is 202 Å². The van der Waals surface area contributed by atoms with Crippen LogP contribution in [0.15, 0.2) is 54.6 Å². The molecule has 0 radical (unpaired) electrons. The van der Waals surface area contributed by atoms with Gasteiger partial charge in [0.25, 0.3) is 5.91 Å². The zero-order valence-corrected chi connectivity index (χ0v) is 19.7. The number of hydrogen-bond acceptors (Lipinski definition) is 7. The monoisotopic (exact) mass is 479 g/mol. The van der Waals surface area contributed by atoms with E-state index >= 15 is 0 Å². The number of thiocarbonyl (C=S) groups is 1. The Morgan fingerprint density at radius 1 is 1.00 bits per heavy atom. The molecule has 3 aromatic carbocycles. The van der Waals surface area contributed by atoms with Crippen molar-refractivity contribution in [3.05, 3.63) is 65.7 Å². The van der Waals surface area contributed by atoms with Gasteiger partial charge in [-0.2, -0.15) is 0 Å². The van der Waals surface area contributed by atoms with Crippen LogP contribution < -0.4 is 20.3 Å². The topological polar surface area (TPSA) is 89.1 Å². The molecule has 1 aliphatic rings. The summed E-state index contributed by atoms with van der Waals surface area (Å²) in [5.41, 5.74) is 2.16. The molecule has 34 heavy (non-hydrogen) atoms. The van der Waals surface area contributed by atoms with Crippen molar-refractivity contribution in [1.29, 1.82) is 0 Å². The Hall–Kier alpha value is -3.69. The average Bonchev–Trinajstić information content (AvgIpc) is 2.87. The molecule has 3 aromatic rings. The molecule has 1 aliphatic heterocycles. The summed E-state index contributed by atoms with van der Waals surface area (Å²) in [5.74, 6) is -0.426. The van der Waals surface area contributed by atoms with Crippen LogP contribution in [0.25, 0.3) is 10.8 Å². The number of rotatable bonds is 5. The minimum Gasteiger partial charge on any atom is -0.496 e. The third kappa shape index (κ3) is 5.11. The number of hydrogen-bond donors (Lipinski definition) is 2. The van der Waals surface area contributed by atoms with Crippen molar-refractivity contribution < 1.29 is 23.8 Å². The SMILES string of the molecule is COC(=O)c1ccc(N2CCOCC2)c(NC(=S)NC(=O)c2cc3ccccc3cc2OC)c1. The van der Waals surface area contributed by atoms with Gasteiger partial charge in [0.05, 0.1) is 49.9 Å². The number of amides is 1. The third-order valence-electron chi connectivity index (χ3n) is 5.56. The highest BCUT2D eigenvalue weighted by molar-refractivity contribution is 7.80. The zero-order valence-electron chi connectivity index (χ0n) is 18.9. The largest absolute Gasteiger partial charge is 0.496 e. The lowest BCUT2D eigenvalue weighted by molar-refractivity contribution is 0.0600. The quantitative estimate of drug-likeness (QED) is 0.424. The van der Waals surface area contributed by atoms with Crippen LogP contribution in [0.3, 0.4) is 0 Å². The van der Waals surface area contributed by atoms with Gasteiger partial charge in [-0.25, -0.2) is 4.79 Å². The third-order valence-corrected chi connectivity index (χ3v) is 5.76. The van der Waals surface area contributed by atoms with Crippen LogP contribution in [0, 0.1) is 0 Å². The summed E-state index contributed by atoms with van der Waals surface area (Å²) in [4.78, 5) is 27.3. The molecule has 1 amide bonds. The number of anilines is 2. The van der Waals surface area contributed by atoms with Gasteiger partial charge in [0.1, 0.15) is 5.75 Å². The molecule has 4 rings (SSSR count). The van der Waals surface area contributed by atoms with Gasteiger partial charge in [-0.1, -0.05) is 24.3 Å². The lowest BCUT2D eigenvalue weighted by Gasteiger charge is -2.31. The first-order chi connectivity index (χ1) is 16.5. The van der Waals surface area contributed by atoms with Gasteiger partial charge >= 0.3 is 5.97 Å². The molecule has 176 valence electrons. The number of benzene rings is 3. The van der Waals surface area contributed by atoms with Crippen molar-refractivity contribution in [3.63, 3.8) is 0 Å². The highest BCUT2D eigenvalue weighted by Gasteiger charge is 2.20. The molecule has 0 atom stereocenters. The molecule has 2 N–H and O–H groups in total. The molecular weight excluding hydrogens is 454 g/mol. The summed E-state index contributed by atoms with van der Waals surface area (Å²) >= 11 is 5.44. The zero-order chi connectivity index (χ0) is 24.1. The highest BCUT2D eigenvalue weighted by atomic mass is 32.1. The van der Waals surface area contributed by atoms with Crippen molar-refractivity contribution in [2.45, 2.75) is 0 Å². The molecule has 1 heterocycles. The van der Waals surface area contributed by atoms with Crippen LogP contribution in [0.2, 0.25) is 0 Å². The van der Waals surface area contributed by atoms with E-state index in [2.05, 4.69) is 15.5 Å². The molecule has 0 aliphatic carbocycles. The number of nitrogens with zero attached hydrogens (tertiary/aromatic N) is 1. The van der Waals surface area contributed by atoms with E-state index in [0.29, 0.717) is 48.9 Å². The van der Waals surface area contributed by atoms with E-state index in [0.717, 1.165) is 16.5 Å². The van der Waals surface area contributed by atoms with E-state index in [1.54, 1.807) is 18.2 Å². The van der Waals surface area contributed by atoms with E-state index in [9.17, 15) is 9.59 Å². The number of carbonyl (C=O) groups is 2. The van der Waals surface area contributed by atoms with Crippen molar-refractivity contribution in [2.75, 3.05) is 50.7 Å². The van der Waals surface area contributed by atoms with Gasteiger partial charge < -0.3 is 24.4 Å². The smallest absolute Gasteiger partial charge is 0.337 e. The van der Waals surface area contributed by atoms with Gasteiger partial charge in [0.2, 0.25) is 0 Å². The van der Waals surface area contributed by atoms with E-state index in [1.807, 2.05) is 36.4 Å². The first kappa shape index (κ1) is 23.5. The number of fused-ring (bicyclic) bond motifs is 1. The lowest BCUT2D eigenvalue weighted by Crippen LogP contribution is -2.38. The van der Waals surface area contributed by atoms with Crippen LogP contribution >= 0.6 is 12.2 Å². The van der Waals surface area contributed by atoms with Crippen molar-refractivity contribution in [1.82, 2.24) is 5.32 Å². The van der Waals surface area contributed by atoms with E-state index < -0.39 is 11.9 Å². The maximum Gasteiger partial charge on any atom is 0.337 e. The standard InChI is InChI=1S/C25H25N3O5S/c1-31-22-15-17-6-4-3-5-16(17)13-19(22)23(29)27-25(34)26-20-14-18(24(30)32-2)7-8-21(20)28-9-11-33-12-10-28/h3-8,13-15H,9-12H2,1-2H3,(H2,26,27,29,34). The number of carbonyl (C=O) groups excluding carboxylic acids is 2. The number of morpholine rings is 1. The second-order valence-electron chi connectivity index (χ2n) is 7.63. The van der Waals surface area contributed by atoms with Gasteiger partial charge in [-0.05, 0) is 53.3 Å². The van der Waals surface area contributed by atoms with E-state index in [1.165, 1.54) is 14.2 Å².